The molecule has 0 radical (unpaired) electrons. The Bertz CT molecular complexity index is 2180. The molecular weight excluding hydrogens is 725 g/mol. The Morgan fingerprint density at radius 1 is 0.982 bits per heavy atom. The van der Waals surface area contributed by atoms with Crippen LogP contribution in [0, 0.1) is 11.8 Å². The molecule has 3 aliphatic rings. The number of Topliss-reactive ketones (excluding diaryl/α,β-unsaturated/α-hetero) is 2. The van der Waals surface area contributed by atoms with Gasteiger partial charge in [-0.3, -0.25) is 14.5 Å². The van der Waals surface area contributed by atoms with Crippen LogP contribution in [-0.2, 0) is 24.1 Å². The second kappa shape index (κ2) is 14.8. The molecule has 1 N–H and O–H groups in total. The van der Waals surface area contributed by atoms with Crippen molar-refractivity contribution in [1.82, 2.24) is 15.0 Å². The maximum Gasteiger partial charge on any atom is 0.265 e. The molecule has 2 heterocycles. The Morgan fingerprint density at radius 2 is 1.61 bits per heavy atom. The van der Waals surface area contributed by atoms with Crippen molar-refractivity contribution in [3.05, 3.63) is 124 Å². The van der Waals surface area contributed by atoms with Crippen molar-refractivity contribution in [1.29, 1.82) is 0 Å². The van der Waals surface area contributed by atoms with Crippen molar-refractivity contribution in [2.75, 3.05) is 32.6 Å². The summed E-state index contributed by atoms with van der Waals surface area (Å²) in [5.41, 5.74) is 1.20. The lowest BCUT2D eigenvalue weighted by Gasteiger charge is -2.55. The van der Waals surface area contributed by atoms with Crippen LogP contribution >= 0.6 is 0 Å². The van der Waals surface area contributed by atoms with Gasteiger partial charge in [0.15, 0.2) is 25.5 Å². The van der Waals surface area contributed by atoms with E-state index in [9.17, 15) is 5.11 Å². The molecule has 3 aliphatic carbocycles. The van der Waals surface area contributed by atoms with Crippen LogP contribution in [0.2, 0.25) is 18.1 Å². The van der Waals surface area contributed by atoms with Gasteiger partial charge in [0.05, 0.1) is 17.8 Å². The molecule has 0 spiro atoms. The van der Waals surface area contributed by atoms with Crippen LogP contribution in [0.25, 0.3) is 0 Å². The summed E-state index contributed by atoms with van der Waals surface area (Å²) in [5, 5.41) is 17.0. The van der Waals surface area contributed by atoms with Gasteiger partial charge in [0.25, 0.3) is 5.88 Å². The zero-order valence-electron chi connectivity index (χ0n) is 33.6. The minimum atomic E-state index is -2.90. The molecule has 2 aromatic carbocycles. The number of hydrogen-bond donors (Lipinski definition) is 1. The van der Waals surface area contributed by atoms with E-state index in [2.05, 4.69) is 45.6 Å². The first kappa shape index (κ1) is 39.2. The molecule has 11 nitrogen and oxygen atoms in total. The van der Waals surface area contributed by atoms with E-state index in [-0.39, 0.29) is 41.0 Å². The summed E-state index contributed by atoms with van der Waals surface area (Å²) in [6, 6.07) is 18.7. The topological polar surface area (TPSA) is 127 Å². The lowest BCUT2D eigenvalue weighted by molar-refractivity contribution is -0.0501. The predicted octanol–water partition coefficient (Wildman–Crippen LogP) is 8.30. The highest BCUT2D eigenvalue weighted by Crippen LogP contribution is 2.60. The van der Waals surface area contributed by atoms with Crippen molar-refractivity contribution in [2.45, 2.75) is 76.6 Å². The number of aliphatic hydroxyl groups excluding tert-OH is 1. The number of anilines is 1. The van der Waals surface area contributed by atoms with Crippen molar-refractivity contribution in [2.24, 2.45) is 11.8 Å². The maximum atomic E-state index is 15.6. The Kier molecular flexibility index (Phi) is 10.4. The number of ketones is 2. The number of fused-ring (bicyclic) bond motifs is 4. The number of pyridine rings is 1. The third kappa shape index (κ3) is 6.57. The highest BCUT2D eigenvalue weighted by atomic mass is 28.4. The van der Waals surface area contributed by atoms with Gasteiger partial charge in [0, 0.05) is 37.7 Å². The van der Waals surface area contributed by atoms with Crippen LogP contribution in [0.5, 0.6) is 11.6 Å². The Morgan fingerprint density at radius 3 is 2.20 bits per heavy atom. The van der Waals surface area contributed by atoms with Crippen LogP contribution in [-0.4, -0.2) is 73.3 Å². The molecule has 0 unspecified atom stereocenters. The van der Waals surface area contributed by atoms with Gasteiger partial charge in [0.2, 0.25) is 5.78 Å². The van der Waals surface area contributed by atoms with Crippen molar-refractivity contribution in [3.63, 3.8) is 0 Å². The number of nitrogens with zero attached hydrogens (tertiary/aromatic N) is 4. The molecular formula is C44H52N4O7Si. The third-order valence-electron chi connectivity index (χ3n) is 12.0. The minimum Gasteiger partial charge on any atom is -0.508 e. The molecule has 12 heteroatoms. The van der Waals surface area contributed by atoms with Gasteiger partial charge in [-0.1, -0.05) is 87.5 Å². The van der Waals surface area contributed by atoms with E-state index in [1.54, 1.807) is 12.3 Å². The lowest BCUT2D eigenvalue weighted by atomic mass is 9.58. The lowest BCUT2D eigenvalue weighted by Crippen LogP contribution is -2.65. The van der Waals surface area contributed by atoms with Crippen LogP contribution in [0.3, 0.4) is 0 Å². The van der Waals surface area contributed by atoms with Gasteiger partial charge < -0.3 is 28.4 Å². The molecule has 0 amide bonds. The van der Waals surface area contributed by atoms with E-state index < -0.39 is 43.4 Å². The number of benzene rings is 2. The van der Waals surface area contributed by atoms with Crippen molar-refractivity contribution < 1.29 is 33.1 Å². The fourth-order valence-electron chi connectivity index (χ4n) is 8.28. The SMILES string of the molecule is C=CCN(C)[C@@H]1c2onc(OCc3ccccc3)c2C(=O)[C@@]2(O[Si](C)(C)C(C)(C)C)C(O)=C3C(=O)c4c(OCc5ccccc5)cnc(N(C)C)c4C[C@H]3C[C@@H]12. The summed E-state index contributed by atoms with van der Waals surface area (Å²) >= 11 is 0. The number of carbonyl (C=O) groups excluding carboxylic acids is 2. The van der Waals surface area contributed by atoms with E-state index in [1.165, 1.54) is 0 Å². The van der Waals surface area contributed by atoms with Gasteiger partial charge in [-0.05, 0) is 60.2 Å². The molecule has 4 atom stereocenters. The van der Waals surface area contributed by atoms with E-state index in [0.29, 0.717) is 42.3 Å². The van der Waals surface area contributed by atoms with Gasteiger partial charge in [0.1, 0.15) is 36.1 Å². The third-order valence-corrected chi connectivity index (χ3v) is 16.5. The van der Waals surface area contributed by atoms with E-state index in [0.717, 1.165) is 16.7 Å². The second-order valence-electron chi connectivity index (χ2n) is 16.9. The number of aromatic nitrogens is 2. The van der Waals surface area contributed by atoms with E-state index >= 15 is 9.59 Å². The average molecular weight is 777 g/mol. The first-order chi connectivity index (χ1) is 26.6. The van der Waals surface area contributed by atoms with Crippen LogP contribution in [0.1, 0.15) is 76.4 Å². The molecule has 0 saturated carbocycles. The quantitative estimate of drug-likeness (QED) is 0.110. The highest BCUT2D eigenvalue weighted by molar-refractivity contribution is 6.74. The van der Waals surface area contributed by atoms with Crippen LogP contribution < -0.4 is 14.4 Å². The number of aliphatic hydroxyl groups is 1. The predicted molar refractivity (Wildman–Crippen MR) is 217 cm³/mol. The molecule has 2 aromatic heterocycles. The van der Waals surface area contributed by atoms with Gasteiger partial charge in [-0.2, -0.15) is 0 Å². The highest BCUT2D eigenvalue weighted by Gasteiger charge is 2.67. The summed E-state index contributed by atoms with van der Waals surface area (Å²) in [6.45, 7) is 15.2. The Labute approximate surface area is 330 Å². The van der Waals surface area contributed by atoms with Gasteiger partial charge >= 0.3 is 0 Å². The number of allylic oxidation sites excluding steroid dienone is 1. The average Bonchev–Trinajstić information content (AvgIpc) is 3.58. The smallest absolute Gasteiger partial charge is 0.265 e. The molecule has 56 heavy (non-hydrogen) atoms. The zero-order valence-corrected chi connectivity index (χ0v) is 34.6. The zero-order chi connectivity index (χ0) is 40.2. The fraction of sp³-hybridized carbons (Fsp3) is 0.409. The molecule has 0 bridgehead atoms. The van der Waals surface area contributed by atoms with Gasteiger partial charge in [-0.15, -0.1) is 6.58 Å². The normalized spacial score (nSPS) is 21.9. The summed E-state index contributed by atoms with van der Waals surface area (Å²) < 4.78 is 26.0. The second-order valence-corrected chi connectivity index (χ2v) is 21.6. The minimum absolute atomic E-state index is 0.0149. The van der Waals surface area contributed by atoms with Crippen molar-refractivity contribution in [3.8, 4) is 11.6 Å². The summed E-state index contributed by atoms with van der Waals surface area (Å²) in [7, 11) is 2.81. The number of likely N-dealkylation sites (N-methyl/N-ethyl adjacent to an activating group) is 1. The number of hydrogen-bond acceptors (Lipinski definition) is 11. The summed E-state index contributed by atoms with van der Waals surface area (Å²) in [5.74, 6) is -1.12. The molecule has 294 valence electrons. The fourth-order valence-corrected chi connectivity index (χ4v) is 9.73. The standard InChI is InChI=1S/C44H52N4O7Si/c1-10-21-48(7)36-31-23-29-22-30-34(32(24-45-41(30)47(5)6)52-25-27-17-13-11-14-18-27)37(49)33(29)39(50)44(31,55-56(8,9)43(2,3)4)40(51)35-38(36)54-46-42(35)53-26-28-19-15-12-16-20-28/h10-20,24,29,31,36,50H,1,21-23,25-26H2,2-9H3/t29-,31-,36-,44-/m0/s1. The number of carbonyl (C=O) groups is 2. The van der Waals surface area contributed by atoms with Crippen LogP contribution in [0.4, 0.5) is 5.82 Å². The van der Waals surface area contributed by atoms with E-state index in [4.69, 9.17) is 23.4 Å². The largest absolute Gasteiger partial charge is 0.508 e. The number of ether oxygens (including phenoxy) is 2. The molecule has 0 saturated heterocycles. The van der Waals surface area contributed by atoms with Crippen molar-refractivity contribution >= 4 is 25.7 Å². The Hall–Kier alpha value is -5.04. The van der Waals surface area contributed by atoms with Crippen LogP contribution in [0.15, 0.2) is 95.4 Å². The summed E-state index contributed by atoms with van der Waals surface area (Å²) in [4.78, 5) is 39.5. The van der Waals surface area contributed by atoms with Gasteiger partial charge in [-0.25, -0.2) is 4.98 Å². The molecule has 0 fully saturated rings. The molecule has 7 rings (SSSR count). The number of rotatable bonds is 12. The maximum absolute atomic E-state index is 15.6. The first-order valence-electron chi connectivity index (χ1n) is 19.2. The molecule has 4 aromatic rings. The first-order valence-corrected chi connectivity index (χ1v) is 22.1. The summed E-state index contributed by atoms with van der Waals surface area (Å²) in [6.07, 6.45) is 4.08. The Balaban J connectivity index is 1.44. The molecule has 0 aliphatic heterocycles. The van der Waals surface area contributed by atoms with E-state index in [1.807, 2.05) is 91.6 Å². The monoisotopic (exact) mass is 776 g/mol.